The number of hydrogen-bond donors (Lipinski definition) is 2. The predicted molar refractivity (Wildman–Crippen MR) is 83.0 cm³/mol. The fraction of sp³-hybridized carbons (Fsp3) is 0. The lowest BCUT2D eigenvalue weighted by Crippen LogP contribution is -2.12. The summed E-state index contributed by atoms with van der Waals surface area (Å²) in [5.41, 5.74) is 7.09. The largest absolute Gasteiger partial charge is 0.398 e. The predicted octanol–water partition coefficient (Wildman–Crippen LogP) is 4.59. The van der Waals surface area contributed by atoms with E-state index in [4.69, 9.17) is 28.9 Å². The summed E-state index contributed by atoms with van der Waals surface area (Å²) in [5.74, 6) is -0.274. The number of carbonyl (C=O) groups excluding carboxylic acids is 1. The van der Waals surface area contributed by atoms with Crippen LogP contribution in [0.5, 0.6) is 0 Å². The van der Waals surface area contributed by atoms with Crippen LogP contribution in [0.2, 0.25) is 10.0 Å². The molecule has 0 saturated carbocycles. The van der Waals surface area contributed by atoms with Crippen molar-refractivity contribution in [3.8, 4) is 0 Å². The van der Waals surface area contributed by atoms with Gasteiger partial charge in [0.15, 0.2) is 0 Å². The molecule has 0 unspecified atom stereocenters. The zero-order valence-corrected chi connectivity index (χ0v) is 12.7. The Hall–Kier alpha value is -1.23. The highest BCUT2D eigenvalue weighted by atomic mass is 79.9. The van der Waals surface area contributed by atoms with Crippen molar-refractivity contribution in [3.05, 3.63) is 56.5 Å². The van der Waals surface area contributed by atoms with Gasteiger partial charge in [0, 0.05) is 20.7 Å². The number of halogens is 3. The second-order valence-corrected chi connectivity index (χ2v) is 5.61. The van der Waals surface area contributed by atoms with Crippen LogP contribution in [0.25, 0.3) is 0 Å². The average Bonchev–Trinajstić information content (AvgIpc) is 2.32. The van der Waals surface area contributed by atoms with E-state index in [1.165, 1.54) is 0 Å². The first-order valence-electron chi connectivity index (χ1n) is 5.28. The van der Waals surface area contributed by atoms with Crippen LogP contribution in [0.1, 0.15) is 10.4 Å². The number of rotatable bonds is 2. The topological polar surface area (TPSA) is 55.1 Å². The number of nitrogens with two attached hydrogens (primary N) is 1. The molecule has 0 aliphatic heterocycles. The minimum atomic E-state index is -0.274. The third-order valence-electron chi connectivity index (χ3n) is 2.38. The molecule has 0 aliphatic rings. The van der Waals surface area contributed by atoms with Gasteiger partial charge >= 0.3 is 0 Å². The lowest BCUT2D eigenvalue weighted by molar-refractivity contribution is 0.102. The van der Waals surface area contributed by atoms with Crippen molar-refractivity contribution >= 4 is 56.4 Å². The van der Waals surface area contributed by atoms with E-state index in [0.29, 0.717) is 27.0 Å². The van der Waals surface area contributed by atoms with Crippen molar-refractivity contribution in [2.45, 2.75) is 0 Å². The molecule has 1 amide bonds. The standard InChI is InChI=1S/C13H9BrCl2N2O/c14-8-3-7(4-9(15)5-8)13(19)18-10-1-2-12(17)11(16)6-10/h1-6H,17H2,(H,18,19). The summed E-state index contributed by atoms with van der Waals surface area (Å²) >= 11 is 15.1. The number of amides is 1. The fourth-order valence-electron chi connectivity index (χ4n) is 1.49. The molecule has 3 N–H and O–H groups in total. The van der Waals surface area contributed by atoms with E-state index >= 15 is 0 Å². The highest BCUT2D eigenvalue weighted by Gasteiger charge is 2.09. The van der Waals surface area contributed by atoms with Crippen molar-refractivity contribution in [2.24, 2.45) is 0 Å². The van der Waals surface area contributed by atoms with E-state index in [2.05, 4.69) is 21.2 Å². The molecule has 3 nitrogen and oxygen atoms in total. The molecule has 0 aromatic heterocycles. The Balaban J connectivity index is 2.22. The third-order valence-corrected chi connectivity index (χ3v) is 3.39. The zero-order chi connectivity index (χ0) is 14.0. The Bertz CT molecular complexity index is 626. The molecule has 2 aromatic carbocycles. The molecule has 0 spiro atoms. The molecule has 0 saturated heterocycles. The molecule has 0 atom stereocenters. The molecule has 19 heavy (non-hydrogen) atoms. The van der Waals surface area contributed by atoms with E-state index in [1.807, 2.05) is 0 Å². The smallest absolute Gasteiger partial charge is 0.255 e. The van der Waals surface area contributed by atoms with Crippen LogP contribution in [0.4, 0.5) is 11.4 Å². The fourth-order valence-corrected chi connectivity index (χ4v) is 2.53. The highest BCUT2D eigenvalue weighted by molar-refractivity contribution is 9.10. The Morgan fingerprint density at radius 1 is 1.16 bits per heavy atom. The lowest BCUT2D eigenvalue weighted by atomic mass is 10.2. The number of carbonyl (C=O) groups is 1. The van der Waals surface area contributed by atoms with Crippen molar-refractivity contribution in [1.82, 2.24) is 0 Å². The molecule has 0 aliphatic carbocycles. The van der Waals surface area contributed by atoms with Crippen LogP contribution in [-0.2, 0) is 0 Å². The SMILES string of the molecule is Nc1ccc(NC(=O)c2cc(Cl)cc(Br)c2)cc1Cl. The van der Waals surface area contributed by atoms with Gasteiger partial charge in [-0.1, -0.05) is 39.1 Å². The first-order chi connectivity index (χ1) is 8.95. The molecule has 6 heteroatoms. The maximum absolute atomic E-state index is 12.0. The molecule has 0 bridgehead atoms. The van der Waals surface area contributed by atoms with Crippen molar-refractivity contribution in [1.29, 1.82) is 0 Å². The molecule has 98 valence electrons. The number of nitrogen functional groups attached to an aromatic ring is 1. The van der Waals surface area contributed by atoms with E-state index in [1.54, 1.807) is 36.4 Å². The minimum Gasteiger partial charge on any atom is -0.398 e. The number of hydrogen-bond acceptors (Lipinski definition) is 2. The first kappa shape index (κ1) is 14.2. The van der Waals surface area contributed by atoms with Crippen molar-refractivity contribution < 1.29 is 4.79 Å². The van der Waals surface area contributed by atoms with Gasteiger partial charge < -0.3 is 11.1 Å². The van der Waals surface area contributed by atoms with Gasteiger partial charge in [-0.05, 0) is 36.4 Å². The average molecular weight is 360 g/mol. The van der Waals surface area contributed by atoms with Crippen LogP contribution >= 0.6 is 39.1 Å². The Labute approximate surface area is 128 Å². The van der Waals surface area contributed by atoms with Crippen LogP contribution < -0.4 is 11.1 Å². The van der Waals surface area contributed by atoms with Crippen LogP contribution in [0.15, 0.2) is 40.9 Å². The van der Waals surface area contributed by atoms with Gasteiger partial charge in [0.25, 0.3) is 5.91 Å². The monoisotopic (exact) mass is 358 g/mol. The van der Waals surface area contributed by atoms with E-state index in [9.17, 15) is 4.79 Å². The minimum absolute atomic E-state index is 0.274. The summed E-state index contributed by atoms with van der Waals surface area (Å²) < 4.78 is 0.737. The summed E-state index contributed by atoms with van der Waals surface area (Å²) in [5, 5.41) is 3.60. The number of nitrogens with one attached hydrogen (secondary N) is 1. The summed E-state index contributed by atoms with van der Waals surface area (Å²) in [6.07, 6.45) is 0. The molecule has 0 radical (unpaired) electrons. The van der Waals surface area contributed by atoms with E-state index in [0.717, 1.165) is 4.47 Å². The first-order valence-corrected chi connectivity index (χ1v) is 6.83. The van der Waals surface area contributed by atoms with Crippen LogP contribution in [-0.4, -0.2) is 5.91 Å². The Kier molecular flexibility index (Phi) is 4.34. The summed E-state index contributed by atoms with van der Waals surface area (Å²) in [6, 6.07) is 9.87. The number of benzene rings is 2. The highest BCUT2D eigenvalue weighted by Crippen LogP contribution is 2.24. The van der Waals surface area contributed by atoms with E-state index < -0.39 is 0 Å². The Morgan fingerprint density at radius 3 is 2.53 bits per heavy atom. The normalized spacial score (nSPS) is 10.3. The maximum atomic E-state index is 12.0. The van der Waals surface area contributed by atoms with Gasteiger partial charge in [-0.3, -0.25) is 4.79 Å². The third kappa shape index (κ3) is 3.62. The van der Waals surface area contributed by atoms with Gasteiger partial charge in [-0.25, -0.2) is 0 Å². The quantitative estimate of drug-likeness (QED) is 0.770. The number of anilines is 2. The Morgan fingerprint density at radius 2 is 1.89 bits per heavy atom. The summed E-state index contributed by atoms with van der Waals surface area (Å²) in [6.45, 7) is 0. The van der Waals surface area contributed by atoms with Crippen LogP contribution in [0, 0.1) is 0 Å². The van der Waals surface area contributed by atoms with Gasteiger partial charge in [-0.2, -0.15) is 0 Å². The van der Waals surface area contributed by atoms with Gasteiger partial charge in [0.1, 0.15) is 0 Å². The summed E-state index contributed by atoms with van der Waals surface area (Å²) in [7, 11) is 0. The van der Waals surface area contributed by atoms with Crippen molar-refractivity contribution in [2.75, 3.05) is 11.1 Å². The molecular weight excluding hydrogens is 351 g/mol. The molecule has 0 fully saturated rings. The van der Waals surface area contributed by atoms with E-state index in [-0.39, 0.29) is 5.91 Å². The lowest BCUT2D eigenvalue weighted by Gasteiger charge is -2.07. The zero-order valence-electron chi connectivity index (χ0n) is 9.58. The molecule has 2 rings (SSSR count). The van der Waals surface area contributed by atoms with Crippen molar-refractivity contribution in [3.63, 3.8) is 0 Å². The molecule has 0 heterocycles. The second kappa shape index (κ2) is 5.82. The maximum Gasteiger partial charge on any atom is 0.255 e. The molecule has 2 aromatic rings. The van der Waals surface area contributed by atoms with Gasteiger partial charge in [0.05, 0.1) is 10.7 Å². The summed E-state index contributed by atoms with van der Waals surface area (Å²) in [4.78, 5) is 12.0. The van der Waals surface area contributed by atoms with Gasteiger partial charge in [-0.15, -0.1) is 0 Å². The van der Waals surface area contributed by atoms with Gasteiger partial charge in [0.2, 0.25) is 0 Å². The second-order valence-electron chi connectivity index (χ2n) is 3.85. The molecular formula is C13H9BrCl2N2O. The van der Waals surface area contributed by atoms with Crippen LogP contribution in [0.3, 0.4) is 0 Å².